The molecule has 7 heteroatoms. The Bertz CT molecular complexity index is 621. The van der Waals surface area contributed by atoms with E-state index in [1.54, 1.807) is 6.07 Å². The smallest absolute Gasteiger partial charge is 0.348 e. The minimum atomic E-state index is -0.313. The first-order chi connectivity index (χ1) is 8.11. The Labute approximate surface area is 97.3 Å². The van der Waals surface area contributed by atoms with E-state index in [2.05, 4.69) is 21.3 Å². The Kier molecular flexibility index (Phi) is 2.78. The summed E-state index contributed by atoms with van der Waals surface area (Å²) < 4.78 is 1.32. The highest BCUT2D eigenvalue weighted by Gasteiger charge is 2.09. The molecule has 0 amide bonds. The zero-order valence-corrected chi connectivity index (χ0v) is 9.58. The van der Waals surface area contributed by atoms with E-state index in [4.69, 9.17) is 5.26 Å². The topological polar surface area (TPSA) is 90.1 Å². The second kappa shape index (κ2) is 4.25. The fourth-order valence-electron chi connectivity index (χ4n) is 1.55. The standard InChI is InChI=1S/C10H12N6O/c1-7(4-11)5-15(2)8-3-9-13-14-10(17)16(9)6-12-8/h3,6-7H,5H2,1-2H3,(H,14,17). The molecule has 2 heterocycles. The predicted octanol–water partition coefficient (Wildman–Crippen LogP) is 0.0135. The maximum Gasteiger partial charge on any atom is 0.348 e. The van der Waals surface area contributed by atoms with E-state index in [9.17, 15) is 4.79 Å². The van der Waals surface area contributed by atoms with E-state index in [0.717, 1.165) is 0 Å². The number of fused-ring (bicyclic) bond motifs is 1. The van der Waals surface area contributed by atoms with Crippen LogP contribution in [0, 0.1) is 17.2 Å². The van der Waals surface area contributed by atoms with Gasteiger partial charge < -0.3 is 4.90 Å². The van der Waals surface area contributed by atoms with Gasteiger partial charge in [0.2, 0.25) is 0 Å². The molecule has 0 spiro atoms. The molecular formula is C10H12N6O. The van der Waals surface area contributed by atoms with E-state index in [1.165, 1.54) is 10.7 Å². The molecule has 88 valence electrons. The van der Waals surface area contributed by atoms with Gasteiger partial charge in [-0.3, -0.25) is 0 Å². The number of hydrogen-bond acceptors (Lipinski definition) is 5. The molecule has 0 radical (unpaired) electrons. The summed E-state index contributed by atoms with van der Waals surface area (Å²) in [5, 5.41) is 14.9. The van der Waals surface area contributed by atoms with Crippen molar-refractivity contribution in [1.82, 2.24) is 19.6 Å². The third kappa shape index (κ3) is 2.10. The summed E-state index contributed by atoms with van der Waals surface area (Å²) in [6.07, 6.45) is 1.42. The number of aromatic nitrogens is 4. The van der Waals surface area contributed by atoms with E-state index >= 15 is 0 Å². The number of anilines is 1. The normalized spacial score (nSPS) is 12.3. The molecule has 2 aromatic heterocycles. The lowest BCUT2D eigenvalue weighted by atomic mass is 10.2. The first-order valence-electron chi connectivity index (χ1n) is 5.15. The monoisotopic (exact) mass is 232 g/mol. The van der Waals surface area contributed by atoms with Crippen LogP contribution >= 0.6 is 0 Å². The fraction of sp³-hybridized carbons (Fsp3) is 0.400. The molecular weight excluding hydrogens is 220 g/mol. The van der Waals surface area contributed by atoms with Crippen LogP contribution in [-0.2, 0) is 0 Å². The van der Waals surface area contributed by atoms with Gasteiger partial charge in [-0.2, -0.15) is 10.4 Å². The van der Waals surface area contributed by atoms with E-state index in [1.807, 2.05) is 18.9 Å². The van der Waals surface area contributed by atoms with Crippen LogP contribution in [0.4, 0.5) is 5.82 Å². The van der Waals surface area contributed by atoms with Crippen molar-refractivity contribution in [3.8, 4) is 6.07 Å². The lowest BCUT2D eigenvalue weighted by Crippen LogP contribution is -2.24. The molecule has 0 bridgehead atoms. The molecule has 1 N–H and O–H groups in total. The third-order valence-electron chi connectivity index (χ3n) is 2.45. The van der Waals surface area contributed by atoms with Crippen LogP contribution in [-0.4, -0.2) is 33.2 Å². The lowest BCUT2D eigenvalue weighted by molar-refractivity contribution is 0.709. The highest BCUT2D eigenvalue weighted by Crippen LogP contribution is 2.11. The van der Waals surface area contributed by atoms with Crippen LogP contribution in [0.15, 0.2) is 17.2 Å². The molecule has 1 unspecified atom stereocenters. The second-order valence-corrected chi connectivity index (χ2v) is 3.91. The highest BCUT2D eigenvalue weighted by molar-refractivity contribution is 5.49. The Balaban J connectivity index is 2.30. The van der Waals surface area contributed by atoms with Gasteiger partial charge in [-0.1, -0.05) is 0 Å². The first-order valence-corrected chi connectivity index (χ1v) is 5.15. The number of nitrogens with zero attached hydrogens (tertiary/aromatic N) is 5. The molecule has 17 heavy (non-hydrogen) atoms. The molecule has 2 rings (SSSR count). The van der Waals surface area contributed by atoms with Gasteiger partial charge in [-0.15, -0.1) is 0 Å². The summed E-state index contributed by atoms with van der Waals surface area (Å²) >= 11 is 0. The van der Waals surface area contributed by atoms with Crippen LogP contribution in [0.5, 0.6) is 0 Å². The molecule has 0 aliphatic carbocycles. The van der Waals surface area contributed by atoms with Crippen molar-refractivity contribution >= 4 is 11.5 Å². The van der Waals surface area contributed by atoms with Gasteiger partial charge in [-0.05, 0) is 6.92 Å². The first kappa shape index (κ1) is 11.1. The van der Waals surface area contributed by atoms with Gasteiger partial charge >= 0.3 is 5.69 Å². The quantitative estimate of drug-likeness (QED) is 0.805. The average molecular weight is 232 g/mol. The zero-order valence-electron chi connectivity index (χ0n) is 9.58. The summed E-state index contributed by atoms with van der Waals surface area (Å²) in [6.45, 7) is 2.42. The molecule has 0 fully saturated rings. The maximum absolute atomic E-state index is 11.2. The lowest BCUT2D eigenvalue weighted by Gasteiger charge is -2.18. The molecule has 0 saturated carbocycles. The van der Waals surface area contributed by atoms with Crippen molar-refractivity contribution in [2.75, 3.05) is 18.5 Å². The van der Waals surface area contributed by atoms with Crippen LogP contribution < -0.4 is 10.6 Å². The average Bonchev–Trinajstić information content (AvgIpc) is 2.70. The molecule has 0 aromatic carbocycles. The third-order valence-corrected chi connectivity index (χ3v) is 2.45. The SMILES string of the molecule is CC(C#N)CN(C)c1cc2n[nH]c(=O)n2cn1. The van der Waals surface area contributed by atoms with E-state index in [0.29, 0.717) is 18.0 Å². The summed E-state index contributed by atoms with van der Waals surface area (Å²) in [5.74, 6) is 0.595. The summed E-state index contributed by atoms with van der Waals surface area (Å²) in [7, 11) is 1.84. The number of H-pyrrole nitrogens is 1. The molecule has 0 saturated heterocycles. The number of hydrogen-bond donors (Lipinski definition) is 1. The van der Waals surface area contributed by atoms with Crippen LogP contribution in [0.1, 0.15) is 6.92 Å². The van der Waals surface area contributed by atoms with Gasteiger partial charge in [-0.25, -0.2) is 19.3 Å². The highest BCUT2D eigenvalue weighted by atomic mass is 16.1. The van der Waals surface area contributed by atoms with Crippen molar-refractivity contribution in [1.29, 1.82) is 5.26 Å². The molecule has 0 aliphatic rings. The molecule has 7 nitrogen and oxygen atoms in total. The Morgan fingerprint density at radius 1 is 1.71 bits per heavy atom. The van der Waals surface area contributed by atoms with Gasteiger partial charge in [0, 0.05) is 19.7 Å². The number of nitriles is 1. The van der Waals surface area contributed by atoms with Gasteiger partial charge in [0.25, 0.3) is 0 Å². The summed E-state index contributed by atoms with van der Waals surface area (Å²) in [5.41, 5.74) is 0.198. The number of nitrogens with one attached hydrogen (secondary N) is 1. The minimum absolute atomic E-state index is 0.0839. The molecule has 0 aliphatic heterocycles. The maximum atomic E-state index is 11.2. The van der Waals surface area contributed by atoms with Crippen LogP contribution in [0.2, 0.25) is 0 Å². The Morgan fingerprint density at radius 2 is 2.47 bits per heavy atom. The summed E-state index contributed by atoms with van der Waals surface area (Å²) in [6, 6.07) is 3.86. The second-order valence-electron chi connectivity index (χ2n) is 3.91. The van der Waals surface area contributed by atoms with Crippen molar-refractivity contribution in [2.45, 2.75) is 6.92 Å². The van der Waals surface area contributed by atoms with E-state index < -0.39 is 0 Å². The Morgan fingerprint density at radius 3 is 3.18 bits per heavy atom. The van der Waals surface area contributed by atoms with E-state index in [-0.39, 0.29) is 11.6 Å². The predicted molar refractivity (Wildman–Crippen MR) is 61.7 cm³/mol. The fourth-order valence-corrected chi connectivity index (χ4v) is 1.55. The van der Waals surface area contributed by atoms with Crippen molar-refractivity contribution in [3.05, 3.63) is 22.9 Å². The minimum Gasteiger partial charge on any atom is -0.358 e. The van der Waals surface area contributed by atoms with Crippen molar-refractivity contribution in [2.24, 2.45) is 5.92 Å². The summed E-state index contributed by atoms with van der Waals surface area (Å²) in [4.78, 5) is 17.2. The number of aromatic amines is 1. The van der Waals surface area contributed by atoms with Gasteiger partial charge in [0.1, 0.15) is 12.1 Å². The number of rotatable bonds is 3. The molecule has 1 atom stereocenters. The van der Waals surface area contributed by atoms with Crippen molar-refractivity contribution in [3.63, 3.8) is 0 Å². The zero-order chi connectivity index (χ0) is 12.4. The van der Waals surface area contributed by atoms with Crippen molar-refractivity contribution < 1.29 is 0 Å². The van der Waals surface area contributed by atoms with Crippen LogP contribution in [0.3, 0.4) is 0 Å². The largest absolute Gasteiger partial charge is 0.358 e. The van der Waals surface area contributed by atoms with Gasteiger partial charge in [0.05, 0.1) is 12.0 Å². The Hall–Kier alpha value is -2.36. The van der Waals surface area contributed by atoms with Gasteiger partial charge in [0.15, 0.2) is 5.65 Å². The van der Waals surface area contributed by atoms with Crippen LogP contribution in [0.25, 0.3) is 5.65 Å². The molecule has 2 aromatic rings.